The average Bonchev–Trinajstić information content (AvgIpc) is 2.97. The molecule has 14 heteroatoms. The SMILES string of the molecule is Cc1cc(N=Nc2c(S(=O)(=O)O)cc3cc(Nc4ccccc4)ccc3c2O)c(C)cc1N=NC1=C=C(S(=O)(=O)O)C(C)C=C1. The molecule has 1 aliphatic carbocycles. The van der Waals surface area contributed by atoms with E-state index in [9.17, 15) is 31.0 Å². The number of anilines is 2. The second-order valence-electron chi connectivity index (χ2n) is 10.3. The molecule has 0 aliphatic heterocycles. The van der Waals surface area contributed by atoms with Gasteiger partial charge in [-0.05, 0) is 85.0 Å². The lowest BCUT2D eigenvalue weighted by atomic mass is 10.1. The van der Waals surface area contributed by atoms with E-state index < -0.39 is 42.5 Å². The van der Waals surface area contributed by atoms with E-state index in [2.05, 4.69) is 31.5 Å². The highest BCUT2D eigenvalue weighted by atomic mass is 32.2. The Bertz CT molecular complexity index is 2220. The fraction of sp³-hybridized carbons (Fsp3) is 0.129. The van der Waals surface area contributed by atoms with Gasteiger partial charge in [0.1, 0.15) is 21.2 Å². The summed E-state index contributed by atoms with van der Waals surface area (Å²) in [6, 6.07) is 18.7. The van der Waals surface area contributed by atoms with E-state index in [1.807, 2.05) is 30.3 Å². The molecule has 5 rings (SSSR count). The number of phenols is 1. The predicted molar refractivity (Wildman–Crippen MR) is 170 cm³/mol. The zero-order chi connectivity index (χ0) is 32.5. The molecule has 1 unspecified atom stereocenters. The van der Waals surface area contributed by atoms with Crippen molar-refractivity contribution in [3.63, 3.8) is 0 Å². The van der Waals surface area contributed by atoms with Crippen molar-refractivity contribution in [2.24, 2.45) is 26.4 Å². The fourth-order valence-electron chi connectivity index (χ4n) is 4.59. The van der Waals surface area contributed by atoms with E-state index in [0.29, 0.717) is 39.0 Å². The van der Waals surface area contributed by atoms with Crippen LogP contribution in [-0.2, 0) is 20.2 Å². The lowest BCUT2D eigenvalue weighted by Crippen LogP contribution is -2.09. The van der Waals surface area contributed by atoms with Gasteiger partial charge >= 0.3 is 0 Å². The van der Waals surface area contributed by atoms with Crippen molar-refractivity contribution >= 4 is 59.4 Å². The number of nitrogens with zero attached hydrogens (tertiary/aromatic N) is 4. The number of hydrogen-bond donors (Lipinski definition) is 4. The van der Waals surface area contributed by atoms with E-state index in [-0.39, 0.29) is 10.6 Å². The van der Waals surface area contributed by atoms with Gasteiger partial charge in [-0.15, -0.1) is 15.3 Å². The number of phenolic OH excluding ortho intramolecular Hbond substituents is 1. The van der Waals surface area contributed by atoms with E-state index >= 15 is 0 Å². The van der Waals surface area contributed by atoms with Crippen molar-refractivity contribution in [3.8, 4) is 5.75 Å². The number of aromatic hydroxyl groups is 1. The Balaban J connectivity index is 1.49. The number of azo groups is 2. The quantitative estimate of drug-likeness (QED) is 0.0838. The second-order valence-corrected chi connectivity index (χ2v) is 13.1. The van der Waals surface area contributed by atoms with Crippen LogP contribution < -0.4 is 5.32 Å². The van der Waals surface area contributed by atoms with Crippen LogP contribution >= 0.6 is 0 Å². The number of nitrogens with one attached hydrogen (secondary N) is 1. The molecule has 0 spiro atoms. The zero-order valence-electron chi connectivity index (χ0n) is 24.2. The minimum absolute atomic E-state index is 0.106. The molecule has 0 radical (unpaired) electrons. The molecule has 45 heavy (non-hydrogen) atoms. The molecule has 0 fully saturated rings. The molecule has 4 aromatic carbocycles. The van der Waals surface area contributed by atoms with Gasteiger partial charge in [-0.1, -0.05) is 36.9 Å². The van der Waals surface area contributed by atoms with E-state index in [0.717, 1.165) is 5.69 Å². The van der Waals surface area contributed by atoms with Gasteiger partial charge < -0.3 is 10.4 Å². The third kappa shape index (κ3) is 7.06. The van der Waals surface area contributed by atoms with E-state index in [1.165, 1.54) is 12.1 Å². The smallest absolute Gasteiger partial charge is 0.298 e. The highest BCUT2D eigenvalue weighted by molar-refractivity contribution is 7.89. The number of rotatable bonds is 8. The number of hydrogen-bond acceptors (Lipinski definition) is 10. The number of allylic oxidation sites excluding steroid dienone is 2. The third-order valence-corrected chi connectivity index (χ3v) is 8.81. The number of para-hydroxylation sites is 1. The van der Waals surface area contributed by atoms with Crippen LogP contribution in [0.1, 0.15) is 18.1 Å². The highest BCUT2D eigenvalue weighted by Gasteiger charge is 2.23. The van der Waals surface area contributed by atoms with Crippen molar-refractivity contribution in [1.29, 1.82) is 0 Å². The average molecular weight is 646 g/mol. The minimum atomic E-state index is -4.81. The molecule has 0 amide bonds. The highest BCUT2D eigenvalue weighted by Crippen LogP contribution is 2.42. The fourth-order valence-corrected chi connectivity index (χ4v) is 6.03. The molecule has 4 N–H and O–H groups in total. The van der Waals surface area contributed by atoms with Crippen LogP contribution in [0.4, 0.5) is 28.4 Å². The van der Waals surface area contributed by atoms with Crippen LogP contribution in [0, 0.1) is 19.8 Å². The monoisotopic (exact) mass is 645 g/mol. The standard InChI is InChI=1S/C31H27N5O7S2/c1-18-9-10-24(17-28(18)44(38,39)40)33-34-26-13-20(3)27(14-19(26)2)35-36-30-29(45(41,42)43)16-21-15-23(11-12-25(21)31(30)37)32-22-7-5-4-6-8-22/h4-16,18,32,37H,1-3H3,(H,38,39,40)(H,41,42,43). The minimum Gasteiger partial charge on any atom is -0.505 e. The van der Waals surface area contributed by atoms with E-state index in [4.69, 9.17) is 0 Å². The molecule has 0 heterocycles. The van der Waals surface area contributed by atoms with Crippen LogP contribution in [-0.4, -0.2) is 31.0 Å². The van der Waals surface area contributed by atoms with Crippen LogP contribution in [0.5, 0.6) is 5.75 Å². The van der Waals surface area contributed by atoms with Gasteiger partial charge in [-0.3, -0.25) is 9.11 Å². The van der Waals surface area contributed by atoms with Crippen LogP contribution in [0.3, 0.4) is 0 Å². The van der Waals surface area contributed by atoms with Crippen molar-refractivity contribution in [2.45, 2.75) is 25.7 Å². The summed E-state index contributed by atoms with van der Waals surface area (Å²) >= 11 is 0. The Morgan fingerprint density at radius 2 is 1.42 bits per heavy atom. The molecule has 0 saturated carbocycles. The first-order valence-corrected chi connectivity index (χ1v) is 16.3. The molecule has 1 aliphatic rings. The van der Waals surface area contributed by atoms with E-state index in [1.54, 1.807) is 57.2 Å². The molecular weight excluding hydrogens is 619 g/mol. The van der Waals surface area contributed by atoms with Gasteiger partial charge in [0.25, 0.3) is 20.2 Å². The Kier molecular flexibility index (Phi) is 8.52. The van der Waals surface area contributed by atoms with Crippen LogP contribution in [0.2, 0.25) is 0 Å². The summed E-state index contributed by atoms with van der Waals surface area (Å²) in [4.78, 5) is -0.929. The maximum atomic E-state index is 12.3. The van der Waals surface area contributed by atoms with Gasteiger partial charge in [0.2, 0.25) is 0 Å². The third-order valence-electron chi connectivity index (χ3n) is 6.91. The molecule has 1 atom stereocenters. The molecule has 0 saturated heterocycles. The largest absolute Gasteiger partial charge is 0.505 e. The second kappa shape index (κ2) is 12.2. The van der Waals surface area contributed by atoms with Crippen molar-refractivity contribution < 1.29 is 31.0 Å². The lowest BCUT2D eigenvalue weighted by Gasteiger charge is -2.12. The van der Waals surface area contributed by atoms with Gasteiger partial charge in [0.05, 0.1) is 11.4 Å². The summed E-state index contributed by atoms with van der Waals surface area (Å²) in [6.07, 6.45) is 3.09. The summed E-state index contributed by atoms with van der Waals surface area (Å²) < 4.78 is 67.3. The predicted octanol–water partition coefficient (Wildman–Crippen LogP) is 8.11. The van der Waals surface area contributed by atoms with Crippen LogP contribution in [0.15, 0.2) is 121 Å². The number of aryl methyl sites for hydroxylation is 2. The Labute approximate surface area is 259 Å². The normalized spacial score (nSPS) is 15.5. The molecule has 0 bridgehead atoms. The summed E-state index contributed by atoms with van der Waals surface area (Å²) in [7, 11) is -9.26. The van der Waals surface area contributed by atoms with Crippen molar-refractivity contribution in [1.82, 2.24) is 0 Å². The van der Waals surface area contributed by atoms with Gasteiger partial charge in [0.15, 0.2) is 5.75 Å². The first-order chi connectivity index (χ1) is 21.2. The molecule has 12 nitrogen and oxygen atoms in total. The first kappa shape index (κ1) is 31.4. The van der Waals surface area contributed by atoms with Crippen molar-refractivity contribution in [2.75, 3.05) is 5.32 Å². The topological polar surface area (TPSA) is 190 Å². The summed E-state index contributed by atoms with van der Waals surface area (Å²) in [5, 5.41) is 31.3. The van der Waals surface area contributed by atoms with Gasteiger partial charge in [-0.25, -0.2) is 0 Å². The van der Waals surface area contributed by atoms with Gasteiger partial charge in [0, 0.05) is 22.7 Å². The summed E-state index contributed by atoms with van der Waals surface area (Å²) in [6.45, 7) is 5.02. The van der Waals surface area contributed by atoms with Gasteiger partial charge in [-0.2, -0.15) is 21.9 Å². The zero-order valence-corrected chi connectivity index (χ0v) is 25.8. The first-order valence-electron chi connectivity index (χ1n) is 13.4. The summed E-state index contributed by atoms with van der Waals surface area (Å²) in [5.41, 5.74) is 5.60. The molecule has 0 aromatic heterocycles. The van der Waals surface area contributed by atoms with Crippen LogP contribution in [0.25, 0.3) is 10.8 Å². The molecular formula is C31H27N5O7S2. The maximum Gasteiger partial charge on any atom is 0.298 e. The van der Waals surface area contributed by atoms with Crippen molar-refractivity contribution in [3.05, 3.63) is 106 Å². The summed E-state index contributed by atoms with van der Waals surface area (Å²) in [5.74, 6) is -1.04. The lowest BCUT2D eigenvalue weighted by molar-refractivity contribution is 0.472. The molecule has 4 aromatic rings. The Hall–Kier alpha value is -4.98. The molecule has 230 valence electrons. The Morgan fingerprint density at radius 3 is 2.04 bits per heavy atom. The number of benzene rings is 4. The number of fused-ring (bicyclic) bond motifs is 1. The Morgan fingerprint density at radius 1 is 0.778 bits per heavy atom. The maximum absolute atomic E-state index is 12.3.